The predicted octanol–water partition coefficient (Wildman–Crippen LogP) is 3.88. The first-order valence-electron chi connectivity index (χ1n) is 7.06. The Kier molecular flexibility index (Phi) is 4.39. The topological polar surface area (TPSA) is 68.0 Å². The number of anilines is 1. The SMILES string of the molecule is Cc1ccc(Cl)cc1NC(=O)Cc1nc(-c2ccccc2)no1. The van der Waals surface area contributed by atoms with Crippen molar-refractivity contribution in [2.75, 3.05) is 5.32 Å². The highest BCUT2D eigenvalue weighted by atomic mass is 35.5. The Morgan fingerprint density at radius 3 is 2.78 bits per heavy atom. The Morgan fingerprint density at radius 1 is 1.22 bits per heavy atom. The lowest BCUT2D eigenvalue weighted by Crippen LogP contribution is -2.15. The summed E-state index contributed by atoms with van der Waals surface area (Å²) in [6.07, 6.45) is 0.00574. The molecule has 0 aliphatic carbocycles. The first-order valence-corrected chi connectivity index (χ1v) is 7.43. The van der Waals surface area contributed by atoms with Gasteiger partial charge < -0.3 is 9.84 Å². The van der Waals surface area contributed by atoms with Gasteiger partial charge >= 0.3 is 0 Å². The Balaban J connectivity index is 1.69. The summed E-state index contributed by atoms with van der Waals surface area (Å²) in [5, 5.41) is 7.25. The molecule has 6 heteroatoms. The number of aromatic nitrogens is 2. The molecule has 1 aromatic heterocycles. The lowest BCUT2D eigenvalue weighted by atomic mass is 10.2. The van der Waals surface area contributed by atoms with Gasteiger partial charge in [0.15, 0.2) is 0 Å². The van der Waals surface area contributed by atoms with Gasteiger partial charge in [0.1, 0.15) is 6.42 Å². The number of nitrogens with zero attached hydrogens (tertiary/aromatic N) is 2. The van der Waals surface area contributed by atoms with E-state index in [0.29, 0.717) is 16.5 Å². The summed E-state index contributed by atoms with van der Waals surface area (Å²) >= 11 is 5.94. The molecule has 0 fully saturated rings. The van der Waals surface area contributed by atoms with Crippen LogP contribution < -0.4 is 5.32 Å². The molecule has 116 valence electrons. The van der Waals surface area contributed by atoms with Crippen LogP contribution in [0.1, 0.15) is 11.5 Å². The highest BCUT2D eigenvalue weighted by Crippen LogP contribution is 2.20. The molecule has 0 bridgehead atoms. The summed E-state index contributed by atoms with van der Waals surface area (Å²) < 4.78 is 5.13. The molecule has 2 aromatic carbocycles. The molecule has 0 saturated heterocycles. The van der Waals surface area contributed by atoms with Crippen LogP contribution in [0.15, 0.2) is 53.1 Å². The third-order valence-corrected chi connectivity index (χ3v) is 3.52. The Hall–Kier alpha value is -2.66. The molecule has 1 amide bonds. The first kappa shape index (κ1) is 15.2. The maximum Gasteiger partial charge on any atom is 0.236 e. The number of nitrogens with one attached hydrogen (secondary N) is 1. The second-order valence-corrected chi connectivity index (χ2v) is 5.50. The van der Waals surface area contributed by atoms with Crippen molar-refractivity contribution in [1.29, 1.82) is 0 Å². The van der Waals surface area contributed by atoms with E-state index in [0.717, 1.165) is 11.1 Å². The van der Waals surface area contributed by atoms with Crippen molar-refractivity contribution in [3.05, 3.63) is 65.0 Å². The number of carbonyl (C=O) groups excluding carboxylic acids is 1. The molecule has 0 aliphatic rings. The van der Waals surface area contributed by atoms with Gasteiger partial charge in [-0.05, 0) is 24.6 Å². The van der Waals surface area contributed by atoms with Gasteiger partial charge in [0, 0.05) is 16.3 Å². The third kappa shape index (κ3) is 3.76. The van der Waals surface area contributed by atoms with Crippen molar-refractivity contribution in [1.82, 2.24) is 10.1 Å². The molecule has 0 saturated carbocycles. The molecule has 1 heterocycles. The van der Waals surface area contributed by atoms with Gasteiger partial charge in [-0.3, -0.25) is 4.79 Å². The van der Waals surface area contributed by atoms with E-state index in [1.807, 2.05) is 43.3 Å². The zero-order valence-corrected chi connectivity index (χ0v) is 13.2. The average Bonchev–Trinajstić information content (AvgIpc) is 3.00. The second kappa shape index (κ2) is 6.62. The average molecular weight is 328 g/mol. The molecule has 3 aromatic rings. The minimum absolute atomic E-state index is 0.00574. The maximum absolute atomic E-state index is 12.1. The molecular formula is C17H14ClN3O2. The van der Waals surface area contributed by atoms with Crippen molar-refractivity contribution >= 4 is 23.2 Å². The van der Waals surface area contributed by atoms with Crippen LogP contribution in [-0.4, -0.2) is 16.0 Å². The van der Waals surface area contributed by atoms with E-state index in [4.69, 9.17) is 16.1 Å². The van der Waals surface area contributed by atoms with Gasteiger partial charge in [0.25, 0.3) is 0 Å². The molecule has 0 atom stereocenters. The van der Waals surface area contributed by atoms with Gasteiger partial charge in [-0.2, -0.15) is 4.98 Å². The standard InChI is InChI=1S/C17H14ClN3O2/c1-11-7-8-13(18)9-14(11)19-15(22)10-16-20-17(21-23-16)12-5-3-2-4-6-12/h2-9H,10H2,1H3,(H,19,22). The number of amides is 1. The van der Waals surface area contributed by atoms with E-state index in [1.165, 1.54) is 0 Å². The summed E-state index contributed by atoms with van der Waals surface area (Å²) in [5.74, 6) is 0.493. The lowest BCUT2D eigenvalue weighted by molar-refractivity contribution is -0.115. The fraction of sp³-hybridized carbons (Fsp3) is 0.118. The quantitative estimate of drug-likeness (QED) is 0.789. The van der Waals surface area contributed by atoms with Crippen molar-refractivity contribution in [2.45, 2.75) is 13.3 Å². The monoisotopic (exact) mass is 327 g/mol. The lowest BCUT2D eigenvalue weighted by Gasteiger charge is -2.07. The number of aryl methyl sites for hydroxylation is 1. The molecule has 3 rings (SSSR count). The van der Waals surface area contributed by atoms with Crippen LogP contribution in [0.25, 0.3) is 11.4 Å². The predicted molar refractivity (Wildman–Crippen MR) is 88.3 cm³/mol. The number of hydrogen-bond acceptors (Lipinski definition) is 4. The van der Waals surface area contributed by atoms with E-state index >= 15 is 0 Å². The largest absolute Gasteiger partial charge is 0.338 e. The van der Waals surface area contributed by atoms with Gasteiger partial charge in [-0.15, -0.1) is 0 Å². The number of halogens is 1. The fourth-order valence-electron chi connectivity index (χ4n) is 2.09. The van der Waals surface area contributed by atoms with Crippen molar-refractivity contribution in [3.63, 3.8) is 0 Å². The van der Waals surface area contributed by atoms with E-state index < -0.39 is 0 Å². The van der Waals surface area contributed by atoms with Gasteiger partial charge in [-0.1, -0.05) is 53.2 Å². The van der Waals surface area contributed by atoms with E-state index in [2.05, 4.69) is 15.5 Å². The summed E-state index contributed by atoms with van der Waals surface area (Å²) in [7, 11) is 0. The summed E-state index contributed by atoms with van der Waals surface area (Å²) in [6.45, 7) is 1.89. The van der Waals surface area contributed by atoms with Crippen LogP contribution in [0.3, 0.4) is 0 Å². The summed E-state index contributed by atoms with van der Waals surface area (Å²) in [6, 6.07) is 14.8. The summed E-state index contributed by atoms with van der Waals surface area (Å²) in [4.78, 5) is 16.3. The zero-order valence-electron chi connectivity index (χ0n) is 12.4. The first-order chi connectivity index (χ1) is 11.1. The van der Waals surface area contributed by atoms with Gasteiger partial charge in [0.2, 0.25) is 17.6 Å². The van der Waals surface area contributed by atoms with Crippen LogP contribution >= 0.6 is 11.6 Å². The highest BCUT2D eigenvalue weighted by molar-refractivity contribution is 6.31. The molecule has 0 aliphatic heterocycles. The summed E-state index contributed by atoms with van der Waals surface area (Å²) in [5.41, 5.74) is 2.44. The van der Waals surface area contributed by atoms with Crippen molar-refractivity contribution in [3.8, 4) is 11.4 Å². The van der Waals surface area contributed by atoms with Gasteiger partial charge in [0.05, 0.1) is 0 Å². The maximum atomic E-state index is 12.1. The molecule has 0 spiro atoms. The molecular weight excluding hydrogens is 314 g/mol. The molecule has 1 N–H and O–H groups in total. The number of benzene rings is 2. The second-order valence-electron chi connectivity index (χ2n) is 5.06. The number of rotatable bonds is 4. The number of hydrogen-bond donors (Lipinski definition) is 1. The Bertz CT molecular complexity index is 831. The zero-order chi connectivity index (χ0) is 16.2. The minimum atomic E-state index is -0.237. The van der Waals surface area contributed by atoms with E-state index in [-0.39, 0.29) is 18.2 Å². The van der Waals surface area contributed by atoms with E-state index in [9.17, 15) is 4.79 Å². The smallest absolute Gasteiger partial charge is 0.236 e. The fourth-order valence-corrected chi connectivity index (χ4v) is 2.26. The van der Waals surface area contributed by atoms with Crippen LogP contribution in [0, 0.1) is 6.92 Å². The van der Waals surface area contributed by atoms with Crippen LogP contribution in [0.2, 0.25) is 5.02 Å². The normalized spacial score (nSPS) is 10.5. The van der Waals surface area contributed by atoms with Crippen LogP contribution in [-0.2, 0) is 11.2 Å². The molecule has 0 unspecified atom stereocenters. The minimum Gasteiger partial charge on any atom is -0.338 e. The third-order valence-electron chi connectivity index (χ3n) is 3.29. The number of carbonyl (C=O) groups is 1. The molecule has 23 heavy (non-hydrogen) atoms. The van der Waals surface area contributed by atoms with Crippen LogP contribution in [0.4, 0.5) is 5.69 Å². The molecule has 0 radical (unpaired) electrons. The molecule has 5 nitrogen and oxygen atoms in total. The van der Waals surface area contributed by atoms with Gasteiger partial charge in [-0.25, -0.2) is 0 Å². The van der Waals surface area contributed by atoms with Crippen molar-refractivity contribution < 1.29 is 9.32 Å². The Labute approximate surface area is 138 Å². The van der Waals surface area contributed by atoms with E-state index in [1.54, 1.807) is 12.1 Å². The highest BCUT2D eigenvalue weighted by Gasteiger charge is 2.13. The van der Waals surface area contributed by atoms with Crippen LogP contribution in [0.5, 0.6) is 0 Å². The Morgan fingerprint density at radius 2 is 2.00 bits per heavy atom. The van der Waals surface area contributed by atoms with Crippen molar-refractivity contribution in [2.24, 2.45) is 0 Å².